The van der Waals surface area contributed by atoms with Gasteiger partial charge in [0, 0.05) is 11.9 Å². The summed E-state index contributed by atoms with van der Waals surface area (Å²) >= 11 is 0. The summed E-state index contributed by atoms with van der Waals surface area (Å²) in [5.74, 6) is 0. The van der Waals surface area contributed by atoms with Crippen LogP contribution in [0.3, 0.4) is 0 Å². The number of aryl methyl sites for hydroxylation is 2. The van der Waals surface area contributed by atoms with Crippen LogP contribution in [0.15, 0.2) is 18.3 Å². The largest absolute Gasteiger partial charge is 0.261 e. The van der Waals surface area contributed by atoms with Crippen molar-refractivity contribution in [2.75, 3.05) is 0 Å². The van der Waals surface area contributed by atoms with Crippen LogP contribution >= 0.6 is 0 Å². The Labute approximate surface area is 96.5 Å². The molecule has 0 spiro atoms. The molecule has 16 heavy (non-hydrogen) atoms. The van der Waals surface area contributed by atoms with Gasteiger partial charge in [0.15, 0.2) is 12.4 Å². The van der Waals surface area contributed by atoms with E-state index in [9.17, 15) is 0 Å². The lowest BCUT2D eigenvalue weighted by molar-refractivity contribution is 0.771. The molecule has 0 fully saturated rings. The molecular formula is C12H16N4. The molecule has 0 unspecified atom stereocenters. The number of aromatic nitrogens is 1. The molecule has 0 aliphatic heterocycles. The monoisotopic (exact) mass is 216 g/mol. The van der Waals surface area contributed by atoms with E-state index in [0.29, 0.717) is 0 Å². The quantitative estimate of drug-likeness (QED) is 0.621. The van der Waals surface area contributed by atoms with Gasteiger partial charge in [0.1, 0.15) is 0 Å². The molecule has 1 aromatic rings. The third kappa shape index (κ3) is 6.39. The van der Waals surface area contributed by atoms with Crippen LogP contribution in [0.1, 0.15) is 31.0 Å². The summed E-state index contributed by atoms with van der Waals surface area (Å²) < 4.78 is 0. The Morgan fingerprint density at radius 2 is 2.06 bits per heavy atom. The molecule has 0 aromatic carbocycles. The maximum absolute atomic E-state index is 7.48. The van der Waals surface area contributed by atoms with Gasteiger partial charge in [0.2, 0.25) is 0 Å². The average molecular weight is 216 g/mol. The molecule has 0 aliphatic carbocycles. The van der Waals surface area contributed by atoms with E-state index in [1.165, 1.54) is 36.5 Å². The fourth-order valence-corrected chi connectivity index (χ4v) is 1.15. The number of nitriles is 2. The highest BCUT2D eigenvalue weighted by Crippen LogP contribution is 2.06. The van der Waals surface area contributed by atoms with Crippen molar-refractivity contribution in [1.82, 2.24) is 10.3 Å². The Hall–Kier alpha value is -2.07. The number of nitrogens with one attached hydrogen (secondary N) is 1. The number of pyridine rings is 1. The molecule has 0 amide bonds. The van der Waals surface area contributed by atoms with Gasteiger partial charge in [-0.1, -0.05) is 19.4 Å². The maximum Gasteiger partial charge on any atom is 0.190 e. The summed E-state index contributed by atoms with van der Waals surface area (Å²) in [6.07, 6.45) is 8.31. The van der Waals surface area contributed by atoms with E-state index in [4.69, 9.17) is 10.5 Å². The molecule has 0 radical (unpaired) electrons. The standard InChI is InChI=1S/C10H15N.C2HN3/c1-3-4-7-10-9(2)6-5-8-11-10;3-1-5-2-4/h5-6,8H,3-4,7H2,1-2H3;5H. The summed E-state index contributed by atoms with van der Waals surface area (Å²) in [5, 5.41) is 16.7. The lowest BCUT2D eigenvalue weighted by atomic mass is 10.1. The predicted molar refractivity (Wildman–Crippen MR) is 61.9 cm³/mol. The minimum absolute atomic E-state index is 1.13. The Kier molecular flexibility index (Phi) is 8.26. The highest BCUT2D eigenvalue weighted by Gasteiger charge is 1.95. The van der Waals surface area contributed by atoms with E-state index in [0.717, 1.165) is 6.42 Å². The van der Waals surface area contributed by atoms with Gasteiger partial charge in [0.05, 0.1) is 0 Å². The first kappa shape index (κ1) is 13.9. The maximum atomic E-state index is 7.48. The van der Waals surface area contributed by atoms with Gasteiger partial charge >= 0.3 is 0 Å². The number of hydrogen-bond donors (Lipinski definition) is 1. The van der Waals surface area contributed by atoms with Gasteiger partial charge in [-0.25, -0.2) is 5.32 Å². The van der Waals surface area contributed by atoms with Gasteiger partial charge in [-0.2, -0.15) is 10.5 Å². The molecule has 0 saturated carbocycles. The van der Waals surface area contributed by atoms with Gasteiger partial charge in [-0.3, -0.25) is 4.98 Å². The normalized spacial score (nSPS) is 8.00. The first-order valence-corrected chi connectivity index (χ1v) is 5.20. The first-order valence-electron chi connectivity index (χ1n) is 5.20. The van der Waals surface area contributed by atoms with Gasteiger partial charge in [-0.05, 0) is 31.4 Å². The first-order chi connectivity index (χ1) is 7.76. The zero-order valence-corrected chi connectivity index (χ0v) is 9.70. The summed E-state index contributed by atoms with van der Waals surface area (Å²) in [6, 6.07) is 4.11. The van der Waals surface area contributed by atoms with Crippen LogP contribution in [0.5, 0.6) is 0 Å². The lowest BCUT2D eigenvalue weighted by Crippen LogP contribution is -1.92. The van der Waals surface area contributed by atoms with E-state index in [1.807, 2.05) is 12.3 Å². The SMILES string of the molecule is CCCCc1ncccc1C.N#CNC#N. The highest BCUT2D eigenvalue weighted by atomic mass is 14.8. The van der Waals surface area contributed by atoms with Gasteiger partial charge < -0.3 is 0 Å². The molecule has 1 aromatic heterocycles. The molecule has 4 nitrogen and oxygen atoms in total. The van der Waals surface area contributed by atoms with Crippen molar-refractivity contribution in [1.29, 1.82) is 10.5 Å². The molecule has 1 heterocycles. The number of nitrogens with zero attached hydrogens (tertiary/aromatic N) is 3. The molecule has 0 aliphatic rings. The number of rotatable bonds is 3. The minimum Gasteiger partial charge on any atom is -0.261 e. The van der Waals surface area contributed by atoms with Crippen LogP contribution in [0.4, 0.5) is 0 Å². The van der Waals surface area contributed by atoms with Crippen LogP contribution in [0.25, 0.3) is 0 Å². The van der Waals surface area contributed by atoms with Crippen LogP contribution in [0.2, 0.25) is 0 Å². The molecule has 84 valence electrons. The van der Waals surface area contributed by atoms with Crippen molar-refractivity contribution < 1.29 is 0 Å². The van der Waals surface area contributed by atoms with Crippen LogP contribution in [-0.2, 0) is 6.42 Å². The summed E-state index contributed by atoms with van der Waals surface area (Å²) in [5.41, 5.74) is 2.58. The second kappa shape index (κ2) is 9.48. The van der Waals surface area contributed by atoms with Crippen molar-refractivity contribution in [2.24, 2.45) is 0 Å². The molecule has 0 atom stereocenters. The summed E-state index contributed by atoms with van der Waals surface area (Å²) in [6.45, 7) is 4.33. The van der Waals surface area contributed by atoms with E-state index in [1.54, 1.807) is 5.32 Å². The fourth-order valence-electron chi connectivity index (χ4n) is 1.15. The Morgan fingerprint density at radius 3 is 2.50 bits per heavy atom. The third-order valence-corrected chi connectivity index (χ3v) is 2.00. The minimum atomic E-state index is 1.13. The summed E-state index contributed by atoms with van der Waals surface area (Å²) in [4.78, 5) is 4.32. The zero-order chi connectivity index (χ0) is 12.2. The van der Waals surface area contributed by atoms with Crippen molar-refractivity contribution in [3.8, 4) is 12.4 Å². The zero-order valence-electron chi connectivity index (χ0n) is 9.70. The number of unbranched alkanes of at least 4 members (excludes halogenated alkanes) is 1. The third-order valence-electron chi connectivity index (χ3n) is 2.00. The second-order valence-electron chi connectivity index (χ2n) is 3.22. The fraction of sp³-hybridized carbons (Fsp3) is 0.417. The van der Waals surface area contributed by atoms with Crippen LogP contribution in [-0.4, -0.2) is 4.98 Å². The Morgan fingerprint density at radius 1 is 1.38 bits per heavy atom. The van der Waals surface area contributed by atoms with Crippen molar-refractivity contribution in [3.63, 3.8) is 0 Å². The molecule has 1 N–H and O–H groups in total. The Bertz CT molecular complexity index is 361. The number of hydrogen-bond acceptors (Lipinski definition) is 4. The Balaban J connectivity index is 0.000000385. The topological polar surface area (TPSA) is 72.5 Å². The average Bonchev–Trinajstić information content (AvgIpc) is 2.30. The van der Waals surface area contributed by atoms with E-state index in [-0.39, 0.29) is 0 Å². The smallest absolute Gasteiger partial charge is 0.190 e. The molecule has 0 bridgehead atoms. The van der Waals surface area contributed by atoms with Crippen molar-refractivity contribution in [2.45, 2.75) is 33.1 Å². The van der Waals surface area contributed by atoms with Crippen LogP contribution < -0.4 is 5.32 Å². The van der Waals surface area contributed by atoms with Crippen molar-refractivity contribution in [3.05, 3.63) is 29.6 Å². The van der Waals surface area contributed by atoms with Crippen molar-refractivity contribution >= 4 is 0 Å². The van der Waals surface area contributed by atoms with E-state index in [2.05, 4.69) is 24.9 Å². The molecule has 1 rings (SSSR count). The highest BCUT2D eigenvalue weighted by molar-refractivity contribution is 5.17. The van der Waals surface area contributed by atoms with Gasteiger partial charge in [-0.15, -0.1) is 0 Å². The molecule has 4 heteroatoms. The second-order valence-corrected chi connectivity index (χ2v) is 3.22. The molecule has 0 saturated heterocycles. The van der Waals surface area contributed by atoms with E-state index < -0.39 is 0 Å². The molecular weight excluding hydrogens is 200 g/mol. The lowest BCUT2D eigenvalue weighted by Gasteiger charge is -2.01. The van der Waals surface area contributed by atoms with Crippen LogP contribution in [0, 0.1) is 29.8 Å². The summed E-state index contributed by atoms with van der Waals surface area (Å²) in [7, 11) is 0. The van der Waals surface area contributed by atoms with Gasteiger partial charge in [0.25, 0.3) is 0 Å². The van der Waals surface area contributed by atoms with E-state index >= 15 is 0 Å². The predicted octanol–water partition coefficient (Wildman–Crippen LogP) is 2.27.